The molecule has 2 heterocycles. The first-order valence-electron chi connectivity index (χ1n) is 5.44. The lowest BCUT2D eigenvalue weighted by Crippen LogP contribution is -2.38. The van der Waals surface area contributed by atoms with Crippen molar-refractivity contribution < 1.29 is 4.79 Å². The van der Waals surface area contributed by atoms with Crippen molar-refractivity contribution in [3.63, 3.8) is 0 Å². The fourth-order valence-electron chi connectivity index (χ4n) is 1.89. The summed E-state index contributed by atoms with van der Waals surface area (Å²) in [7, 11) is 0. The lowest BCUT2D eigenvalue weighted by Gasteiger charge is -2.24. The van der Waals surface area contributed by atoms with Crippen LogP contribution in [0.4, 0.5) is 5.82 Å². The number of halogens is 1. The van der Waals surface area contributed by atoms with Crippen molar-refractivity contribution in [2.24, 2.45) is 5.41 Å². The zero-order chi connectivity index (χ0) is 12.6. The maximum atomic E-state index is 11.7. The van der Waals surface area contributed by atoms with Crippen LogP contribution in [0, 0.1) is 12.3 Å². The summed E-state index contributed by atoms with van der Waals surface area (Å²) in [5.74, 6) is 1.15. The van der Waals surface area contributed by atoms with E-state index in [1.54, 1.807) is 13.0 Å². The highest BCUT2D eigenvalue weighted by Crippen LogP contribution is 2.27. The third kappa shape index (κ3) is 2.49. The van der Waals surface area contributed by atoms with Crippen LogP contribution in [0.5, 0.6) is 0 Å². The van der Waals surface area contributed by atoms with E-state index in [-0.39, 0.29) is 17.4 Å². The first-order valence-corrected chi connectivity index (χ1v) is 5.82. The molecule has 1 saturated heterocycles. The van der Waals surface area contributed by atoms with Crippen LogP contribution in [-0.4, -0.2) is 28.5 Å². The molecule has 2 rings (SSSR count). The highest BCUT2D eigenvalue weighted by Gasteiger charge is 2.41. The third-order valence-corrected chi connectivity index (χ3v) is 3.05. The molecule has 6 heteroatoms. The minimum absolute atomic E-state index is 0.0117. The summed E-state index contributed by atoms with van der Waals surface area (Å²) in [6, 6.07) is 1.32. The van der Waals surface area contributed by atoms with Gasteiger partial charge in [0.05, 0.1) is 0 Å². The predicted molar refractivity (Wildman–Crippen MR) is 66.0 cm³/mol. The Kier molecular flexibility index (Phi) is 2.95. The summed E-state index contributed by atoms with van der Waals surface area (Å²) in [5.41, 5.74) is -0.150. The second kappa shape index (κ2) is 4.14. The van der Waals surface area contributed by atoms with Crippen molar-refractivity contribution in [2.75, 3.05) is 11.9 Å². The minimum atomic E-state index is -0.298. The largest absolute Gasteiger partial charge is 0.358 e. The van der Waals surface area contributed by atoms with Crippen molar-refractivity contribution in [2.45, 2.75) is 26.8 Å². The zero-order valence-corrected chi connectivity index (χ0v) is 10.8. The molecule has 0 aromatic carbocycles. The van der Waals surface area contributed by atoms with Crippen molar-refractivity contribution >= 4 is 23.3 Å². The van der Waals surface area contributed by atoms with Crippen LogP contribution in [-0.2, 0) is 4.79 Å². The molecule has 1 amide bonds. The molecule has 2 N–H and O–H groups in total. The van der Waals surface area contributed by atoms with Crippen LogP contribution in [0.3, 0.4) is 0 Å². The molecule has 1 aliphatic heterocycles. The van der Waals surface area contributed by atoms with E-state index in [2.05, 4.69) is 20.6 Å². The van der Waals surface area contributed by atoms with Gasteiger partial charge in [-0.2, -0.15) is 0 Å². The van der Waals surface area contributed by atoms with Crippen molar-refractivity contribution in [3.8, 4) is 0 Å². The molecular formula is C11H15ClN4O. The number of nitrogens with one attached hydrogen (secondary N) is 2. The van der Waals surface area contributed by atoms with E-state index in [0.717, 1.165) is 0 Å². The van der Waals surface area contributed by atoms with Gasteiger partial charge in [0.25, 0.3) is 0 Å². The van der Waals surface area contributed by atoms with Gasteiger partial charge in [-0.3, -0.25) is 4.79 Å². The SMILES string of the molecule is Cc1nc(Cl)cc(NC2C(=O)NCC2(C)C)n1. The van der Waals surface area contributed by atoms with Gasteiger partial charge in [-0.05, 0) is 6.92 Å². The smallest absolute Gasteiger partial charge is 0.243 e. The van der Waals surface area contributed by atoms with Crippen molar-refractivity contribution in [3.05, 3.63) is 17.0 Å². The van der Waals surface area contributed by atoms with Crippen LogP contribution in [0.1, 0.15) is 19.7 Å². The van der Waals surface area contributed by atoms with E-state index in [1.165, 1.54) is 0 Å². The average molecular weight is 255 g/mol. The second-order valence-corrected chi connectivity index (χ2v) is 5.29. The normalized spacial score (nSPS) is 22.4. The molecule has 0 radical (unpaired) electrons. The molecule has 1 aromatic heterocycles. The lowest BCUT2D eigenvalue weighted by atomic mass is 9.87. The van der Waals surface area contributed by atoms with Crippen LogP contribution in [0.25, 0.3) is 0 Å². The fraction of sp³-hybridized carbons (Fsp3) is 0.545. The molecule has 92 valence electrons. The number of rotatable bonds is 2. The topological polar surface area (TPSA) is 66.9 Å². The molecule has 0 spiro atoms. The van der Waals surface area contributed by atoms with Gasteiger partial charge >= 0.3 is 0 Å². The molecule has 1 atom stereocenters. The van der Waals surface area contributed by atoms with E-state index in [4.69, 9.17) is 11.6 Å². The van der Waals surface area contributed by atoms with E-state index >= 15 is 0 Å². The van der Waals surface area contributed by atoms with E-state index < -0.39 is 0 Å². The number of hydrogen-bond donors (Lipinski definition) is 2. The maximum Gasteiger partial charge on any atom is 0.243 e. The summed E-state index contributed by atoms with van der Waals surface area (Å²) in [4.78, 5) is 19.9. The molecule has 5 nitrogen and oxygen atoms in total. The Morgan fingerprint density at radius 2 is 2.24 bits per heavy atom. The number of carbonyl (C=O) groups is 1. The van der Waals surface area contributed by atoms with Gasteiger partial charge in [-0.15, -0.1) is 0 Å². The average Bonchev–Trinajstić information content (AvgIpc) is 2.43. The molecular weight excluding hydrogens is 240 g/mol. The summed E-state index contributed by atoms with van der Waals surface area (Å²) >= 11 is 5.85. The van der Waals surface area contributed by atoms with Crippen molar-refractivity contribution in [1.82, 2.24) is 15.3 Å². The van der Waals surface area contributed by atoms with Gasteiger partial charge in [0.1, 0.15) is 22.8 Å². The summed E-state index contributed by atoms with van der Waals surface area (Å²) in [6.45, 7) is 6.47. The van der Waals surface area contributed by atoms with Crippen LogP contribution >= 0.6 is 11.6 Å². The highest BCUT2D eigenvalue weighted by atomic mass is 35.5. The first kappa shape index (κ1) is 12.1. The number of hydrogen-bond acceptors (Lipinski definition) is 4. The number of nitrogens with zero attached hydrogens (tertiary/aromatic N) is 2. The quantitative estimate of drug-likeness (QED) is 0.783. The summed E-state index contributed by atoms with van der Waals surface area (Å²) in [6.07, 6.45) is 0. The third-order valence-electron chi connectivity index (χ3n) is 2.86. The van der Waals surface area contributed by atoms with Gasteiger partial charge in [0.15, 0.2) is 0 Å². The van der Waals surface area contributed by atoms with Crippen molar-refractivity contribution in [1.29, 1.82) is 0 Å². The molecule has 17 heavy (non-hydrogen) atoms. The molecule has 1 fully saturated rings. The number of aryl methyl sites for hydroxylation is 1. The molecule has 1 unspecified atom stereocenters. The number of anilines is 1. The van der Waals surface area contributed by atoms with Gasteiger partial charge in [-0.25, -0.2) is 9.97 Å². The van der Waals surface area contributed by atoms with Crippen LogP contribution < -0.4 is 10.6 Å². The summed E-state index contributed by atoms with van der Waals surface area (Å²) < 4.78 is 0. The second-order valence-electron chi connectivity index (χ2n) is 4.91. The summed E-state index contributed by atoms with van der Waals surface area (Å²) in [5, 5.41) is 6.32. The molecule has 0 saturated carbocycles. The number of carbonyl (C=O) groups excluding carboxylic acids is 1. The molecule has 1 aliphatic rings. The number of aromatic nitrogens is 2. The van der Waals surface area contributed by atoms with Crippen LogP contribution in [0.2, 0.25) is 5.15 Å². The van der Waals surface area contributed by atoms with E-state index in [1.807, 2.05) is 13.8 Å². The Morgan fingerprint density at radius 3 is 2.76 bits per heavy atom. The van der Waals surface area contributed by atoms with E-state index in [9.17, 15) is 4.79 Å². The Morgan fingerprint density at radius 1 is 1.53 bits per heavy atom. The molecule has 1 aromatic rings. The first-order chi connectivity index (χ1) is 7.88. The van der Waals surface area contributed by atoms with Gasteiger partial charge < -0.3 is 10.6 Å². The molecule has 0 bridgehead atoms. The highest BCUT2D eigenvalue weighted by molar-refractivity contribution is 6.29. The fourth-order valence-corrected chi connectivity index (χ4v) is 2.11. The van der Waals surface area contributed by atoms with Gasteiger partial charge in [-0.1, -0.05) is 25.4 Å². The predicted octanol–water partition coefficient (Wildman–Crippen LogP) is 1.37. The standard InChI is InChI=1S/C11H15ClN4O/c1-6-14-7(12)4-8(15-6)16-9-10(17)13-5-11(9,2)3/h4,9H,5H2,1-3H3,(H,13,17)(H,14,15,16). The lowest BCUT2D eigenvalue weighted by molar-refractivity contribution is -0.120. The Balaban J connectivity index is 2.23. The van der Waals surface area contributed by atoms with Gasteiger partial charge in [0.2, 0.25) is 5.91 Å². The Hall–Kier alpha value is -1.36. The van der Waals surface area contributed by atoms with Gasteiger partial charge in [0, 0.05) is 18.0 Å². The maximum absolute atomic E-state index is 11.7. The minimum Gasteiger partial charge on any atom is -0.358 e. The molecule has 0 aliphatic carbocycles. The monoisotopic (exact) mass is 254 g/mol. The zero-order valence-electron chi connectivity index (χ0n) is 10.0. The number of amides is 1. The van der Waals surface area contributed by atoms with E-state index in [0.29, 0.717) is 23.3 Å². The Bertz CT molecular complexity index is 441. The van der Waals surface area contributed by atoms with Crippen LogP contribution in [0.15, 0.2) is 6.07 Å². The Labute approximate surface area is 105 Å².